The highest BCUT2D eigenvalue weighted by Gasteiger charge is 2.18. The number of ether oxygens (including phenoxy) is 1. The zero-order valence-corrected chi connectivity index (χ0v) is 21.3. The van der Waals surface area contributed by atoms with Crippen LogP contribution in [0.4, 0.5) is 5.69 Å². The summed E-state index contributed by atoms with van der Waals surface area (Å²) in [4.78, 5) is 34.3. The van der Waals surface area contributed by atoms with E-state index in [4.69, 9.17) is 4.74 Å². The first-order valence-corrected chi connectivity index (χ1v) is 12.9. The maximum Gasteiger partial charge on any atom is 0.335 e. The summed E-state index contributed by atoms with van der Waals surface area (Å²) in [6.45, 7) is 3.83. The second-order valence-electron chi connectivity index (χ2n) is 8.94. The molecular weight excluding hydrogens is 448 g/mol. The first-order chi connectivity index (χ1) is 16.9. The van der Waals surface area contributed by atoms with Crippen molar-refractivity contribution in [2.45, 2.75) is 104 Å². The van der Waals surface area contributed by atoms with Crippen LogP contribution in [0.25, 0.3) is 0 Å². The molecule has 0 saturated carbocycles. The van der Waals surface area contributed by atoms with Crippen LogP contribution >= 0.6 is 0 Å². The van der Waals surface area contributed by atoms with Gasteiger partial charge in [-0.1, -0.05) is 90.4 Å². The summed E-state index contributed by atoms with van der Waals surface area (Å²) in [6, 6.07) is 4.09. The van der Waals surface area contributed by atoms with Crippen molar-refractivity contribution < 1.29 is 24.5 Å². The number of unbranched alkanes of at least 4 members (excludes halogenated alkanes) is 13. The fourth-order valence-corrected chi connectivity index (χ4v) is 3.82. The summed E-state index contributed by atoms with van der Waals surface area (Å²) in [6.07, 6.45) is 17.6. The number of aliphatic hydroxyl groups is 1. The van der Waals surface area contributed by atoms with Gasteiger partial charge in [0.25, 0.3) is 5.91 Å². The lowest BCUT2D eigenvalue weighted by Crippen LogP contribution is -2.16. The van der Waals surface area contributed by atoms with E-state index in [2.05, 4.69) is 17.4 Å². The molecule has 0 heterocycles. The number of carbonyl (C=O) groups excluding carboxylic acids is 1. The number of aliphatic hydroxyl groups excluding tert-OH is 1. The summed E-state index contributed by atoms with van der Waals surface area (Å²) in [5, 5.41) is 23.6. The Labute approximate surface area is 209 Å². The molecule has 0 fully saturated rings. The van der Waals surface area contributed by atoms with Crippen molar-refractivity contribution in [3.8, 4) is 5.75 Å². The topological polar surface area (TPSA) is 125 Å². The van der Waals surface area contributed by atoms with Gasteiger partial charge in [0, 0.05) is 0 Å². The Morgan fingerprint density at radius 2 is 1.37 bits per heavy atom. The van der Waals surface area contributed by atoms with E-state index in [1.54, 1.807) is 0 Å². The highest BCUT2D eigenvalue weighted by atomic mass is 16.5. The number of carbonyl (C=O) groups is 2. The number of nitrogens with one attached hydrogen (secondary N) is 1. The maximum atomic E-state index is 12.2. The number of nitrogens with zero attached hydrogens (tertiary/aromatic N) is 1. The number of nitroso groups, excluding NO2 is 1. The van der Waals surface area contributed by atoms with Crippen molar-refractivity contribution in [2.24, 2.45) is 5.18 Å². The number of hydrogen-bond donors (Lipinski definition) is 3. The van der Waals surface area contributed by atoms with Gasteiger partial charge in [-0.25, -0.2) is 4.79 Å². The Hall–Kier alpha value is -2.90. The van der Waals surface area contributed by atoms with Crippen molar-refractivity contribution in [2.75, 3.05) is 11.9 Å². The van der Waals surface area contributed by atoms with Gasteiger partial charge in [0.15, 0.2) is 0 Å². The van der Waals surface area contributed by atoms with Crippen LogP contribution in [0.2, 0.25) is 0 Å². The zero-order valence-electron chi connectivity index (χ0n) is 21.3. The standard InChI is InChI=1S/C27H42N2O6/c1-3-4-5-6-7-8-9-10-11-12-13-14-15-16-19-35-24-18-17-22(27(32)33)20-23(24)28-26(31)25(29-34)21(2)30/h17-18,20,30H,3-16,19H2,1-2H3,(H,28,31)(H,32,33)/b25-21+. The molecule has 1 rings (SSSR count). The Balaban J connectivity index is 2.33. The van der Waals surface area contributed by atoms with Crippen molar-refractivity contribution >= 4 is 17.6 Å². The largest absolute Gasteiger partial charge is 0.510 e. The van der Waals surface area contributed by atoms with E-state index in [-0.39, 0.29) is 11.3 Å². The molecule has 1 aromatic carbocycles. The number of carboxylic acid groups (broad SMARTS) is 1. The Kier molecular flexibility index (Phi) is 15.9. The molecule has 0 aliphatic heterocycles. The molecule has 0 unspecified atom stereocenters. The predicted molar refractivity (Wildman–Crippen MR) is 139 cm³/mol. The zero-order chi connectivity index (χ0) is 25.9. The lowest BCUT2D eigenvalue weighted by atomic mass is 10.0. The number of benzene rings is 1. The van der Waals surface area contributed by atoms with Gasteiger partial charge in [-0.15, -0.1) is 4.91 Å². The molecule has 0 bridgehead atoms. The molecule has 0 radical (unpaired) electrons. The molecule has 1 amide bonds. The van der Waals surface area contributed by atoms with Gasteiger partial charge in [0.1, 0.15) is 11.5 Å². The minimum atomic E-state index is -1.17. The molecule has 0 aliphatic carbocycles. The second-order valence-corrected chi connectivity index (χ2v) is 8.94. The lowest BCUT2D eigenvalue weighted by Gasteiger charge is -2.13. The minimum absolute atomic E-state index is 0.0468. The molecule has 35 heavy (non-hydrogen) atoms. The predicted octanol–water partition coefficient (Wildman–Crippen LogP) is 7.74. The quantitative estimate of drug-likeness (QED) is 0.0743. The Bertz CT molecular complexity index is 818. The number of allylic oxidation sites excluding steroid dienone is 1. The van der Waals surface area contributed by atoms with Crippen molar-refractivity contribution in [1.29, 1.82) is 0 Å². The van der Waals surface area contributed by atoms with E-state index < -0.39 is 23.3 Å². The van der Waals surface area contributed by atoms with Crippen LogP contribution in [-0.4, -0.2) is 28.7 Å². The first-order valence-electron chi connectivity index (χ1n) is 12.9. The summed E-state index contributed by atoms with van der Waals surface area (Å²) in [5.41, 5.74) is -0.624. The second kappa shape index (κ2) is 18.4. The van der Waals surface area contributed by atoms with E-state index in [1.165, 1.54) is 88.8 Å². The molecule has 196 valence electrons. The van der Waals surface area contributed by atoms with Crippen molar-refractivity contribution in [3.63, 3.8) is 0 Å². The monoisotopic (exact) mass is 490 g/mol. The van der Waals surface area contributed by atoms with Crippen molar-refractivity contribution in [3.05, 3.63) is 40.1 Å². The minimum Gasteiger partial charge on any atom is -0.510 e. The van der Waals surface area contributed by atoms with E-state index in [1.807, 2.05) is 0 Å². The summed E-state index contributed by atoms with van der Waals surface area (Å²) in [7, 11) is 0. The SMILES string of the molecule is CCCCCCCCCCCCCCCCOc1ccc(C(=O)O)cc1NC(=O)/C(N=O)=C(/C)O. The van der Waals surface area contributed by atoms with Crippen LogP contribution in [0.5, 0.6) is 5.75 Å². The van der Waals surface area contributed by atoms with Crippen LogP contribution in [0.15, 0.2) is 34.8 Å². The third kappa shape index (κ3) is 12.9. The number of amides is 1. The van der Waals surface area contributed by atoms with E-state index in [0.29, 0.717) is 12.4 Å². The van der Waals surface area contributed by atoms with E-state index in [9.17, 15) is 24.7 Å². The fraction of sp³-hybridized carbons (Fsp3) is 0.630. The van der Waals surface area contributed by atoms with Gasteiger partial charge in [-0.3, -0.25) is 4.79 Å². The van der Waals surface area contributed by atoms with E-state index in [0.717, 1.165) is 26.2 Å². The third-order valence-corrected chi connectivity index (χ3v) is 5.88. The van der Waals surface area contributed by atoms with Gasteiger partial charge in [0.2, 0.25) is 5.70 Å². The summed E-state index contributed by atoms with van der Waals surface area (Å²) >= 11 is 0. The van der Waals surface area contributed by atoms with Crippen LogP contribution < -0.4 is 10.1 Å². The highest BCUT2D eigenvalue weighted by molar-refractivity contribution is 6.05. The summed E-state index contributed by atoms with van der Waals surface area (Å²) < 4.78 is 5.76. The Morgan fingerprint density at radius 1 is 0.857 bits per heavy atom. The molecule has 0 aliphatic rings. The number of rotatable bonds is 20. The normalized spacial score (nSPS) is 11.6. The molecule has 0 aromatic heterocycles. The van der Waals surface area contributed by atoms with Crippen molar-refractivity contribution in [1.82, 2.24) is 0 Å². The van der Waals surface area contributed by atoms with E-state index >= 15 is 0 Å². The molecule has 1 aromatic rings. The molecule has 0 saturated heterocycles. The highest BCUT2D eigenvalue weighted by Crippen LogP contribution is 2.27. The molecular formula is C27H42N2O6. The number of carboxylic acids is 1. The van der Waals surface area contributed by atoms with Gasteiger partial charge >= 0.3 is 5.97 Å². The molecule has 8 heteroatoms. The molecule has 3 N–H and O–H groups in total. The number of aromatic carboxylic acids is 1. The number of hydrogen-bond acceptors (Lipinski definition) is 6. The molecule has 8 nitrogen and oxygen atoms in total. The number of anilines is 1. The first kappa shape index (κ1) is 30.1. The van der Waals surface area contributed by atoms with Gasteiger partial charge in [-0.2, -0.15) is 0 Å². The average Bonchev–Trinajstić information content (AvgIpc) is 2.82. The summed E-state index contributed by atoms with van der Waals surface area (Å²) in [5.74, 6) is -2.35. The van der Waals surface area contributed by atoms with Crippen LogP contribution in [0.1, 0.15) is 114 Å². The molecule has 0 spiro atoms. The van der Waals surface area contributed by atoms with Crippen LogP contribution in [-0.2, 0) is 4.79 Å². The maximum absolute atomic E-state index is 12.2. The van der Waals surface area contributed by atoms with Gasteiger partial charge in [0.05, 0.1) is 17.9 Å². The van der Waals surface area contributed by atoms with Crippen LogP contribution in [0.3, 0.4) is 0 Å². The smallest absolute Gasteiger partial charge is 0.335 e. The van der Waals surface area contributed by atoms with Gasteiger partial charge in [-0.05, 0) is 36.7 Å². The van der Waals surface area contributed by atoms with Gasteiger partial charge < -0.3 is 20.3 Å². The molecule has 0 atom stereocenters. The Morgan fingerprint density at radius 3 is 1.83 bits per heavy atom. The fourth-order valence-electron chi connectivity index (χ4n) is 3.82. The van der Waals surface area contributed by atoms with Crippen LogP contribution in [0, 0.1) is 4.91 Å². The third-order valence-electron chi connectivity index (χ3n) is 5.88. The average molecular weight is 491 g/mol. The lowest BCUT2D eigenvalue weighted by molar-refractivity contribution is -0.113.